The molecule has 1 heterocycles. The number of halogens is 1. The standard InChI is InChI=1S/C9H7FN2O4/c1-4-9(13)11-6-2-5(10)7(12(14)15)3-8(6)16-4/h2-4H,1H3,(H,11,13)/t4-/m1/s1. The van der Waals surface area contributed by atoms with Gasteiger partial charge in [-0.3, -0.25) is 14.9 Å². The van der Waals surface area contributed by atoms with Crippen molar-refractivity contribution >= 4 is 17.3 Å². The maximum atomic E-state index is 13.2. The zero-order chi connectivity index (χ0) is 11.9. The normalized spacial score (nSPS) is 18.4. The molecular weight excluding hydrogens is 219 g/mol. The van der Waals surface area contributed by atoms with E-state index in [1.165, 1.54) is 6.92 Å². The molecule has 84 valence electrons. The molecule has 0 spiro atoms. The number of hydrogen-bond donors (Lipinski definition) is 1. The van der Waals surface area contributed by atoms with Crippen LogP contribution in [-0.2, 0) is 4.79 Å². The lowest BCUT2D eigenvalue weighted by Gasteiger charge is -2.22. The van der Waals surface area contributed by atoms with E-state index in [9.17, 15) is 19.3 Å². The van der Waals surface area contributed by atoms with E-state index in [0.29, 0.717) is 0 Å². The molecule has 0 saturated carbocycles. The molecule has 0 unspecified atom stereocenters. The highest BCUT2D eigenvalue weighted by molar-refractivity contribution is 5.97. The molecule has 1 aliphatic heterocycles. The first-order valence-electron chi connectivity index (χ1n) is 4.44. The predicted octanol–water partition coefficient (Wildman–Crippen LogP) is 1.45. The summed E-state index contributed by atoms with van der Waals surface area (Å²) >= 11 is 0. The zero-order valence-corrected chi connectivity index (χ0v) is 8.19. The number of nitro groups is 1. The van der Waals surface area contributed by atoms with Crippen LogP contribution in [0.4, 0.5) is 15.8 Å². The molecule has 1 aromatic carbocycles. The SMILES string of the molecule is C[C@H]1Oc2cc([N+](=O)[O-])c(F)cc2NC1=O. The second-order valence-corrected chi connectivity index (χ2v) is 3.31. The summed E-state index contributed by atoms with van der Waals surface area (Å²) in [5, 5.41) is 12.9. The van der Waals surface area contributed by atoms with Crippen molar-refractivity contribution in [2.45, 2.75) is 13.0 Å². The third-order valence-electron chi connectivity index (χ3n) is 2.18. The molecule has 0 fully saturated rings. The maximum Gasteiger partial charge on any atom is 0.308 e. The Morgan fingerprint density at radius 3 is 2.88 bits per heavy atom. The Bertz CT molecular complexity index is 489. The number of amides is 1. The van der Waals surface area contributed by atoms with Crippen LogP contribution >= 0.6 is 0 Å². The molecule has 0 bridgehead atoms. The lowest BCUT2D eigenvalue weighted by molar-refractivity contribution is -0.387. The second kappa shape index (κ2) is 3.44. The van der Waals surface area contributed by atoms with Crippen molar-refractivity contribution in [3.8, 4) is 5.75 Å². The van der Waals surface area contributed by atoms with Crippen molar-refractivity contribution in [2.75, 3.05) is 5.32 Å². The summed E-state index contributed by atoms with van der Waals surface area (Å²) < 4.78 is 18.3. The lowest BCUT2D eigenvalue weighted by Crippen LogP contribution is -2.34. The number of carbonyl (C=O) groups excluding carboxylic acids is 1. The number of nitro benzene ring substituents is 1. The molecule has 7 heteroatoms. The number of ether oxygens (including phenoxy) is 1. The van der Waals surface area contributed by atoms with Gasteiger partial charge >= 0.3 is 5.69 Å². The number of rotatable bonds is 1. The molecule has 16 heavy (non-hydrogen) atoms. The Kier molecular flexibility index (Phi) is 2.22. The Labute approximate surface area is 89.2 Å². The number of fused-ring (bicyclic) bond motifs is 1. The molecule has 1 aliphatic rings. The molecule has 0 saturated heterocycles. The summed E-state index contributed by atoms with van der Waals surface area (Å²) in [7, 11) is 0. The first kappa shape index (κ1) is 10.3. The first-order valence-corrected chi connectivity index (χ1v) is 4.44. The van der Waals surface area contributed by atoms with Gasteiger partial charge in [-0.1, -0.05) is 0 Å². The lowest BCUT2D eigenvalue weighted by atomic mass is 10.2. The molecule has 1 atom stereocenters. The number of nitrogens with zero attached hydrogens (tertiary/aromatic N) is 1. The predicted molar refractivity (Wildman–Crippen MR) is 51.8 cm³/mol. The average molecular weight is 226 g/mol. The molecule has 1 N–H and O–H groups in total. The third-order valence-corrected chi connectivity index (χ3v) is 2.18. The van der Waals surface area contributed by atoms with E-state index in [-0.39, 0.29) is 11.4 Å². The van der Waals surface area contributed by atoms with Gasteiger partial charge in [-0.15, -0.1) is 0 Å². The summed E-state index contributed by atoms with van der Waals surface area (Å²) in [5.74, 6) is -1.33. The molecule has 0 aliphatic carbocycles. The minimum absolute atomic E-state index is 0.0974. The van der Waals surface area contributed by atoms with Crippen molar-refractivity contribution in [3.05, 3.63) is 28.1 Å². The van der Waals surface area contributed by atoms with Crippen molar-refractivity contribution in [2.24, 2.45) is 0 Å². The fourth-order valence-corrected chi connectivity index (χ4v) is 1.36. The highest BCUT2D eigenvalue weighted by Gasteiger charge is 2.27. The smallest absolute Gasteiger partial charge is 0.308 e. The Morgan fingerprint density at radius 2 is 2.25 bits per heavy atom. The van der Waals surface area contributed by atoms with E-state index in [2.05, 4.69) is 5.32 Å². The largest absolute Gasteiger partial charge is 0.478 e. The second-order valence-electron chi connectivity index (χ2n) is 3.31. The molecule has 0 radical (unpaired) electrons. The minimum Gasteiger partial charge on any atom is -0.478 e. The Balaban J connectivity index is 2.50. The van der Waals surface area contributed by atoms with Crippen LogP contribution < -0.4 is 10.1 Å². The topological polar surface area (TPSA) is 81.5 Å². The minimum atomic E-state index is -1.01. The van der Waals surface area contributed by atoms with Gasteiger partial charge in [-0.05, 0) is 6.92 Å². The zero-order valence-electron chi connectivity index (χ0n) is 8.19. The van der Waals surface area contributed by atoms with Crippen LogP contribution in [0.15, 0.2) is 12.1 Å². The van der Waals surface area contributed by atoms with Crippen LogP contribution in [0.3, 0.4) is 0 Å². The van der Waals surface area contributed by atoms with E-state index in [0.717, 1.165) is 12.1 Å². The van der Waals surface area contributed by atoms with Crippen LogP contribution in [0.25, 0.3) is 0 Å². The van der Waals surface area contributed by atoms with Gasteiger partial charge < -0.3 is 10.1 Å². The quantitative estimate of drug-likeness (QED) is 0.580. The van der Waals surface area contributed by atoms with Crippen molar-refractivity contribution < 1.29 is 18.8 Å². The van der Waals surface area contributed by atoms with Gasteiger partial charge in [0.05, 0.1) is 16.7 Å². The third kappa shape index (κ3) is 1.56. The number of carbonyl (C=O) groups is 1. The summed E-state index contributed by atoms with van der Waals surface area (Å²) in [5.41, 5.74) is -0.576. The van der Waals surface area contributed by atoms with Crippen LogP contribution in [0.1, 0.15) is 6.92 Å². The molecule has 1 amide bonds. The summed E-state index contributed by atoms with van der Waals surface area (Å²) in [4.78, 5) is 20.8. The van der Waals surface area contributed by atoms with Crippen molar-refractivity contribution in [1.29, 1.82) is 0 Å². The molecule has 6 nitrogen and oxygen atoms in total. The summed E-state index contributed by atoms with van der Waals surface area (Å²) in [6.07, 6.45) is -0.752. The van der Waals surface area contributed by atoms with Crippen LogP contribution in [-0.4, -0.2) is 16.9 Å². The van der Waals surface area contributed by atoms with E-state index < -0.39 is 28.4 Å². The van der Waals surface area contributed by atoms with Crippen LogP contribution in [0.5, 0.6) is 5.75 Å². The van der Waals surface area contributed by atoms with E-state index in [1.54, 1.807) is 0 Å². The van der Waals surface area contributed by atoms with Crippen molar-refractivity contribution in [3.63, 3.8) is 0 Å². The molecule has 0 aromatic heterocycles. The fraction of sp³-hybridized carbons (Fsp3) is 0.222. The van der Waals surface area contributed by atoms with Gasteiger partial charge in [0.15, 0.2) is 11.9 Å². The Morgan fingerprint density at radius 1 is 1.56 bits per heavy atom. The number of anilines is 1. The van der Waals surface area contributed by atoms with Gasteiger partial charge in [0, 0.05) is 6.07 Å². The van der Waals surface area contributed by atoms with Gasteiger partial charge in [0.25, 0.3) is 5.91 Å². The highest BCUT2D eigenvalue weighted by atomic mass is 19.1. The highest BCUT2D eigenvalue weighted by Crippen LogP contribution is 2.35. The molecular formula is C9H7FN2O4. The number of hydrogen-bond acceptors (Lipinski definition) is 4. The van der Waals surface area contributed by atoms with E-state index in [4.69, 9.17) is 4.74 Å². The maximum absolute atomic E-state index is 13.2. The molecule has 2 rings (SSSR count). The van der Waals surface area contributed by atoms with Gasteiger partial charge in [0.1, 0.15) is 0 Å². The van der Waals surface area contributed by atoms with Gasteiger partial charge in [0.2, 0.25) is 5.82 Å². The van der Waals surface area contributed by atoms with E-state index >= 15 is 0 Å². The first-order chi connectivity index (χ1) is 7.49. The van der Waals surface area contributed by atoms with Crippen LogP contribution in [0.2, 0.25) is 0 Å². The monoisotopic (exact) mass is 226 g/mol. The number of nitrogens with one attached hydrogen (secondary N) is 1. The van der Waals surface area contributed by atoms with Gasteiger partial charge in [-0.25, -0.2) is 0 Å². The Hall–Kier alpha value is -2.18. The summed E-state index contributed by atoms with van der Waals surface area (Å²) in [6, 6.07) is 1.83. The van der Waals surface area contributed by atoms with Crippen LogP contribution in [0, 0.1) is 15.9 Å². The van der Waals surface area contributed by atoms with Gasteiger partial charge in [-0.2, -0.15) is 4.39 Å². The average Bonchev–Trinajstić information content (AvgIpc) is 2.19. The summed E-state index contributed by atoms with van der Waals surface area (Å²) in [6.45, 7) is 1.49. The van der Waals surface area contributed by atoms with E-state index in [1.807, 2.05) is 0 Å². The fourth-order valence-electron chi connectivity index (χ4n) is 1.36. The molecule has 1 aromatic rings. The van der Waals surface area contributed by atoms with Crippen molar-refractivity contribution in [1.82, 2.24) is 0 Å². The number of benzene rings is 1.